The second kappa shape index (κ2) is 8.33. The maximum atomic E-state index is 12.5. The minimum Gasteiger partial charge on any atom is -0.493 e. The van der Waals surface area contributed by atoms with Crippen LogP contribution in [0.15, 0.2) is 53.4 Å². The summed E-state index contributed by atoms with van der Waals surface area (Å²) in [6, 6.07) is 12.8. The van der Waals surface area contributed by atoms with Crippen molar-refractivity contribution >= 4 is 15.9 Å². The van der Waals surface area contributed by atoms with Crippen LogP contribution in [-0.4, -0.2) is 20.9 Å². The fraction of sp³-hybridized carbons (Fsp3) is 0.316. The van der Waals surface area contributed by atoms with Crippen molar-refractivity contribution < 1.29 is 17.9 Å². The fourth-order valence-corrected chi connectivity index (χ4v) is 2.81. The molecule has 0 spiro atoms. The van der Waals surface area contributed by atoms with Crippen LogP contribution in [0.1, 0.15) is 42.7 Å². The normalized spacial score (nSPS) is 12.7. The lowest BCUT2D eigenvalue weighted by atomic mass is 10.1. The summed E-state index contributed by atoms with van der Waals surface area (Å²) in [5.74, 6) is 0.812. The first-order chi connectivity index (χ1) is 12.2. The van der Waals surface area contributed by atoms with Crippen molar-refractivity contribution in [3.8, 4) is 5.75 Å². The molecule has 0 saturated carbocycles. The number of primary sulfonamides is 1. The average Bonchev–Trinajstić information content (AvgIpc) is 2.59. The van der Waals surface area contributed by atoms with E-state index in [1.807, 2.05) is 13.0 Å². The number of carbonyl (C=O) groups is 1. The smallest absolute Gasteiger partial charge is 0.251 e. The van der Waals surface area contributed by atoms with Crippen LogP contribution in [0.25, 0.3) is 0 Å². The van der Waals surface area contributed by atoms with Crippen molar-refractivity contribution in [1.29, 1.82) is 0 Å². The summed E-state index contributed by atoms with van der Waals surface area (Å²) >= 11 is 0. The van der Waals surface area contributed by atoms with Crippen LogP contribution in [0.5, 0.6) is 5.75 Å². The van der Waals surface area contributed by atoms with Crippen LogP contribution in [0.3, 0.4) is 0 Å². The van der Waals surface area contributed by atoms with Gasteiger partial charge in [0.05, 0.1) is 17.5 Å². The second-order valence-corrected chi connectivity index (χ2v) is 8.10. The SMILES string of the molecule is CC(C)COc1cccc(C(=O)NC(C)c2ccc(S(N)(=O)=O)cc2)c1. The van der Waals surface area contributed by atoms with Gasteiger partial charge in [0, 0.05) is 5.56 Å². The summed E-state index contributed by atoms with van der Waals surface area (Å²) in [5.41, 5.74) is 1.28. The molecular formula is C19H24N2O4S. The Balaban J connectivity index is 2.06. The van der Waals surface area contributed by atoms with E-state index in [9.17, 15) is 13.2 Å². The van der Waals surface area contributed by atoms with E-state index >= 15 is 0 Å². The van der Waals surface area contributed by atoms with Gasteiger partial charge in [0.1, 0.15) is 5.75 Å². The summed E-state index contributed by atoms with van der Waals surface area (Å²) in [6.45, 7) is 6.51. The van der Waals surface area contributed by atoms with E-state index < -0.39 is 10.0 Å². The number of hydrogen-bond acceptors (Lipinski definition) is 4. The molecule has 7 heteroatoms. The van der Waals surface area contributed by atoms with Crippen molar-refractivity contribution in [2.24, 2.45) is 11.1 Å². The zero-order valence-corrected chi connectivity index (χ0v) is 15.9. The van der Waals surface area contributed by atoms with Gasteiger partial charge in [-0.1, -0.05) is 32.0 Å². The summed E-state index contributed by atoms with van der Waals surface area (Å²) in [4.78, 5) is 12.5. The Morgan fingerprint density at radius 2 is 1.77 bits per heavy atom. The molecule has 0 saturated heterocycles. The first-order valence-electron chi connectivity index (χ1n) is 8.33. The van der Waals surface area contributed by atoms with Crippen LogP contribution in [0.4, 0.5) is 0 Å². The Morgan fingerprint density at radius 3 is 2.35 bits per heavy atom. The van der Waals surface area contributed by atoms with Crippen molar-refractivity contribution in [3.63, 3.8) is 0 Å². The molecule has 2 rings (SSSR count). The number of nitrogens with two attached hydrogens (primary N) is 1. The van der Waals surface area contributed by atoms with Gasteiger partial charge in [-0.3, -0.25) is 4.79 Å². The lowest BCUT2D eigenvalue weighted by Crippen LogP contribution is -2.26. The van der Waals surface area contributed by atoms with Gasteiger partial charge in [0.25, 0.3) is 5.91 Å². The van der Waals surface area contributed by atoms with Crippen molar-refractivity contribution in [3.05, 3.63) is 59.7 Å². The number of sulfonamides is 1. The van der Waals surface area contributed by atoms with Crippen molar-refractivity contribution in [1.82, 2.24) is 5.32 Å². The third-order valence-corrected chi connectivity index (χ3v) is 4.67. The van der Waals surface area contributed by atoms with Crippen LogP contribution in [0, 0.1) is 5.92 Å². The standard InChI is InChI=1S/C19H24N2O4S/c1-13(2)12-25-17-6-4-5-16(11-17)19(22)21-14(3)15-7-9-18(10-8-15)26(20,23)24/h4-11,13-14H,12H2,1-3H3,(H,21,22)(H2,20,23,24). The van der Waals surface area contributed by atoms with E-state index in [1.165, 1.54) is 12.1 Å². The third-order valence-electron chi connectivity index (χ3n) is 3.74. The highest BCUT2D eigenvalue weighted by molar-refractivity contribution is 7.89. The summed E-state index contributed by atoms with van der Waals surface area (Å²) in [5, 5.41) is 7.98. The first-order valence-corrected chi connectivity index (χ1v) is 9.88. The van der Waals surface area contributed by atoms with Gasteiger partial charge in [-0.05, 0) is 48.7 Å². The molecule has 0 aliphatic rings. The maximum absolute atomic E-state index is 12.5. The van der Waals surface area contributed by atoms with E-state index in [1.54, 1.807) is 30.3 Å². The molecule has 0 aliphatic heterocycles. The number of benzene rings is 2. The van der Waals surface area contributed by atoms with Crippen LogP contribution < -0.4 is 15.2 Å². The summed E-state index contributed by atoms with van der Waals surface area (Å²) < 4.78 is 28.2. The van der Waals surface area contributed by atoms with E-state index in [2.05, 4.69) is 19.2 Å². The first kappa shape index (κ1) is 19.9. The van der Waals surface area contributed by atoms with Crippen molar-refractivity contribution in [2.45, 2.75) is 31.7 Å². The predicted octanol–water partition coefficient (Wildman–Crippen LogP) is 2.86. The topological polar surface area (TPSA) is 98.5 Å². The number of ether oxygens (including phenoxy) is 1. The molecule has 0 fully saturated rings. The Kier molecular flexibility index (Phi) is 6.39. The molecule has 6 nitrogen and oxygen atoms in total. The number of rotatable bonds is 7. The molecular weight excluding hydrogens is 352 g/mol. The van der Waals surface area contributed by atoms with E-state index in [0.29, 0.717) is 23.8 Å². The van der Waals surface area contributed by atoms with Gasteiger partial charge in [0.15, 0.2) is 0 Å². The highest BCUT2D eigenvalue weighted by Crippen LogP contribution is 2.18. The van der Waals surface area contributed by atoms with Gasteiger partial charge in [-0.25, -0.2) is 13.6 Å². The number of nitrogens with one attached hydrogen (secondary N) is 1. The highest BCUT2D eigenvalue weighted by atomic mass is 32.2. The molecule has 1 atom stereocenters. The van der Waals surface area contributed by atoms with Crippen LogP contribution in [-0.2, 0) is 10.0 Å². The van der Waals surface area contributed by atoms with Gasteiger partial charge < -0.3 is 10.1 Å². The van der Waals surface area contributed by atoms with E-state index in [4.69, 9.17) is 9.88 Å². The Morgan fingerprint density at radius 1 is 1.12 bits per heavy atom. The fourth-order valence-electron chi connectivity index (χ4n) is 2.30. The maximum Gasteiger partial charge on any atom is 0.251 e. The number of hydrogen-bond donors (Lipinski definition) is 2. The van der Waals surface area contributed by atoms with Gasteiger partial charge >= 0.3 is 0 Å². The molecule has 0 aromatic heterocycles. The van der Waals surface area contributed by atoms with Gasteiger partial charge in [-0.15, -0.1) is 0 Å². The summed E-state index contributed by atoms with van der Waals surface area (Å²) in [7, 11) is -3.73. The lowest BCUT2D eigenvalue weighted by molar-refractivity contribution is 0.0939. The highest BCUT2D eigenvalue weighted by Gasteiger charge is 2.14. The molecule has 2 aromatic rings. The molecule has 140 valence electrons. The minimum absolute atomic E-state index is 0.0368. The molecule has 0 aliphatic carbocycles. The predicted molar refractivity (Wildman–Crippen MR) is 100 cm³/mol. The molecule has 2 aromatic carbocycles. The van der Waals surface area contributed by atoms with Crippen LogP contribution in [0.2, 0.25) is 0 Å². The number of carbonyl (C=O) groups excluding carboxylic acids is 1. The van der Waals surface area contributed by atoms with Gasteiger partial charge in [0.2, 0.25) is 10.0 Å². The zero-order valence-electron chi connectivity index (χ0n) is 15.1. The Bertz CT molecular complexity index is 861. The zero-order chi connectivity index (χ0) is 19.3. The van der Waals surface area contributed by atoms with E-state index in [0.717, 1.165) is 5.56 Å². The second-order valence-electron chi connectivity index (χ2n) is 6.54. The lowest BCUT2D eigenvalue weighted by Gasteiger charge is -2.15. The Hall–Kier alpha value is -2.38. The van der Waals surface area contributed by atoms with Crippen molar-refractivity contribution in [2.75, 3.05) is 6.61 Å². The van der Waals surface area contributed by atoms with E-state index in [-0.39, 0.29) is 16.8 Å². The van der Waals surface area contributed by atoms with Gasteiger partial charge in [-0.2, -0.15) is 0 Å². The molecule has 3 N–H and O–H groups in total. The molecule has 0 heterocycles. The van der Waals surface area contributed by atoms with Crippen LogP contribution >= 0.6 is 0 Å². The average molecular weight is 376 g/mol. The number of amides is 1. The summed E-state index contributed by atoms with van der Waals surface area (Å²) in [6.07, 6.45) is 0. The largest absolute Gasteiger partial charge is 0.493 e. The molecule has 0 bridgehead atoms. The Labute approximate surface area is 154 Å². The third kappa shape index (κ3) is 5.57. The molecule has 0 radical (unpaired) electrons. The quantitative estimate of drug-likeness (QED) is 0.776. The molecule has 1 amide bonds. The molecule has 26 heavy (non-hydrogen) atoms. The monoisotopic (exact) mass is 376 g/mol. The molecule has 1 unspecified atom stereocenters. The minimum atomic E-state index is -3.73.